The predicted molar refractivity (Wildman–Crippen MR) is 138 cm³/mol. The van der Waals surface area contributed by atoms with E-state index < -0.39 is 9.84 Å². The van der Waals surface area contributed by atoms with Crippen molar-refractivity contribution in [1.82, 2.24) is 14.5 Å². The first-order valence-electron chi connectivity index (χ1n) is 12.3. The van der Waals surface area contributed by atoms with Gasteiger partial charge in [-0.15, -0.1) is 0 Å². The van der Waals surface area contributed by atoms with Crippen molar-refractivity contribution in [2.45, 2.75) is 42.9 Å². The van der Waals surface area contributed by atoms with Crippen LogP contribution in [0, 0.1) is 0 Å². The maximum atomic E-state index is 13.5. The number of rotatable bonds is 10. The van der Waals surface area contributed by atoms with E-state index in [9.17, 15) is 13.2 Å². The van der Waals surface area contributed by atoms with E-state index in [4.69, 9.17) is 9.15 Å². The maximum absolute atomic E-state index is 13.5. The summed E-state index contributed by atoms with van der Waals surface area (Å²) in [5.41, 5.74) is 2.24. The second-order valence-electron chi connectivity index (χ2n) is 9.15. The molecule has 0 unspecified atom stereocenters. The van der Waals surface area contributed by atoms with Crippen molar-refractivity contribution in [3.8, 4) is 0 Å². The minimum Gasteiger partial charge on any atom is -0.459 e. The third-order valence-corrected chi connectivity index (χ3v) is 7.98. The smallest absolute Gasteiger partial charge is 0.289 e. The molecule has 0 N–H and O–H groups in total. The zero-order valence-electron chi connectivity index (χ0n) is 20.4. The van der Waals surface area contributed by atoms with Gasteiger partial charge in [0, 0.05) is 13.2 Å². The molecule has 4 aromatic rings. The summed E-state index contributed by atoms with van der Waals surface area (Å²) < 4.78 is 39.9. The summed E-state index contributed by atoms with van der Waals surface area (Å²) in [6.07, 6.45) is 4.75. The zero-order chi connectivity index (χ0) is 25.7. The van der Waals surface area contributed by atoms with Gasteiger partial charge >= 0.3 is 0 Å². The van der Waals surface area contributed by atoms with Crippen molar-refractivity contribution in [2.75, 3.05) is 13.2 Å². The van der Waals surface area contributed by atoms with E-state index in [1.165, 1.54) is 6.26 Å². The molecule has 0 radical (unpaired) electrons. The van der Waals surface area contributed by atoms with E-state index in [1.807, 2.05) is 48.5 Å². The summed E-state index contributed by atoms with van der Waals surface area (Å²) in [5, 5.41) is -0.0160. The number of hydrogen-bond acceptors (Lipinski definition) is 6. The van der Waals surface area contributed by atoms with Crippen LogP contribution in [-0.4, -0.2) is 48.0 Å². The number of imidazole rings is 1. The van der Waals surface area contributed by atoms with Gasteiger partial charge in [-0.3, -0.25) is 4.79 Å². The number of carbonyl (C=O) groups excluding carboxylic acids is 1. The van der Waals surface area contributed by atoms with Gasteiger partial charge in [0.2, 0.25) is 15.0 Å². The molecule has 192 valence electrons. The molecule has 1 aliphatic rings. The first kappa shape index (κ1) is 25.0. The molecule has 1 aliphatic heterocycles. The van der Waals surface area contributed by atoms with Crippen molar-refractivity contribution >= 4 is 15.7 Å². The van der Waals surface area contributed by atoms with Gasteiger partial charge in [0.15, 0.2) is 5.76 Å². The van der Waals surface area contributed by atoms with Crippen LogP contribution < -0.4 is 0 Å². The Balaban J connectivity index is 1.50. The number of hydrogen-bond donors (Lipinski definition) is 0. The fraction of sp³-hybridized carbons (Fsp3) is 0.286. The highest BCUT2D eigenvalue weighted by molar-refractivity contribution is 7.90. The van der Waals surface area contributed by atoms with Crippen molar-refractivity contribution < 1.29 is 22.4 Å². The molecule has 0 aliphatic carbocycles. The molecule has 1 saturated heterocycles. The van der Waals surface area contributed by atoms with Crippen molar-refractivity contribution in [3.63, 3.8) is 0 Å². The van der Waals surface area contributed by atoms with Crippen LogP contribution in [0.2, 0.25) is 0 Å². The van der Waals surface area contributed by atoms with Gasteiger partial charge < -0.3 is 18.6 Å². The number of sulfone groups is 1. The van der Waals surface area contributed by atoms with Crippen molar-refractivity contribution in [3.05, 3.63) is 108 Å². The Morgan fingerprint density at radius 2 is 1.73 bits per heavy atom. The van der Waals surface area contributed by atoms with Gasteiger partial charge in [0.05, 0.1) is 43.1 Å². The molecule has 0 bridgehead atoms. The Kier molecular flexibility index (Phi) is 7.52. The number of ether oxygens (including phenoxy) is 1. The topological polar surface area (TPSA) is 94.6 Å². The first-order chi connectivity index (χ1) is 18.0. The number of furan rings is 1. The molecule has 37 heavy (non-hydrogen) atoms. The molecule has 1 atom stereocenters. The van der Waals surface area contributed by atoms with Crippen LogP contribution in [0.25, 0.3) is 0 Å². The molecular weight excluding hydrogens is 490 g/mol. The normalized spacial score (nSPS) is 15.6. The molecule has 3 heterocycles. The van der Waals surface area contributed by atoms with E-state index in [1.54, 1.807) is 39.9 Å². The molecular formula is C28H29N3O5S. The Morgan fingerprint density at radius 1 is 1.00 bits per heavy atom. The van der Waals surface area contributed by atoms with Crippen LogP contribution in [0.3, 0.4) is 0 Å². The molecule has 0 saturated carbocycles. The fourth-order valence-electron chi connectivity index (χ4n) is 4.56. The average molecular weight is 520 g/mol. The largest absolute Gasteiger partial charge is 0.459 e. The average Bonchev–Trinajstić information content (AvgIpc) is 3.68. The Hall–Kier alpha value is -3.69. The summed E-state index contributed by atoms with van der Waals surface area (Å²) >= 11 is 0. The summed E-state index contributed by atoms with van der Waals surface area (Å²) in [5.74, 6) is -0.213. The van der Waals surface area contributed by atoms with Crippen LogP contribution >= 0.6 is 0 Å². The van der Waals surface area contributed by atoms with Gasteiger partial charge in [-0.2, -0.15) is 0 Å². The number of benzene rings is 2. The minimum absolute atomic E-state index is 0.0160. The maximum Gasteiger partial charge on any atom is 0.289 e. The summed E-state index contributed by atoms with van der Waals surface area (Å²) in [7, 11) is -3.76. The second-order valence-corrected chi connectivity index (χ2v) is 11.0. The third-order valence-electron chi connectivity index (χ3n) is 6.38. The molecule has 8 nitrogen and oxygen atoms in total. The van der Waals surface area contributed by atoms with Crippen molar-refractivity contribution in [2.24, 2.45) is 0 Å². The molecule has 0 spiro atoms. The third kappa shape index (κ3) is 6.00. The summed E-state index contributed by atoms with van der Waals surface area (Å²) in [6.45, 7) is 1.52. The van der Waals surface area contributed by atoms with Gasteiger partial charge in [0.1, 0.15) is 0 Å². The molecule has 1 fully saturated rings. The van der Waals surface area contributed by atoms with Crippen LogP contribution in [0.1, 0.15) is 40.2 Å². The second kappa shape index (κ2) is 11.1. The molecule has 1 amide bonds. The Bertz CT molecular complexity index is 1410. The Labute approximate surface area is 216 Å². The molecule has 5 rings (SSSR count). The monoisotopic (exact) mass is 519 g/mol. The van der Waals surface area contributed by atoms with Crippen LogP contribution in [0.5, 0.6) is 0 Å². The minimum atomic E-state index is -3.76. The van der Waals surface area contributed by atoms with Gasteiger partial charge in [-0.1, -0.05) is 60.7 Å². The number of amides is 1. The van der Waals surface area contributed by atoms with Crippen LogP contribution in [0.15, 0.2) is 94.8 Å². The predicted octanol–water partition coefficient (Wildman–Crippen LogP) is 4.32. The van der Waals surface area contributed by atoms with E-state index in [0.717, 1.165) is 18.4 Å². The number of carbonyl (C=O) groups is 1. The number of aromatic nitrogens is 2. The van der Waals surface area contributed by atoms with Gasteiger partial charge in [-0.25, -0.2) is 13.4 Å². The standard InChI is InChI=1S/C28H29N3O5S/c32-27(26-14-8-16-36-26)30(20-25-13-7-15-35-25)19-24-17-29-28(31(24)18-22-9-3-1-4-10-22)37(33,34)21-23-11-5-2-6-12-23/h1-6,8-12,14,16-17,25H,7,13,15,18-21H2/t25-/m0/s1. The lowest BCUT2D eigenvalue weighted by atomic mass is 10.2. The van der Waals surface area contributed by atoms with Gasteiger partial charge in [0.25, 0.3) is 5.91 Å². The van der Waals surface area contributed by atoms with E-state index in [-0.39, 0.29) is 35.2 Å². The highest BCUT2D eigenvalue weighted by atomic mass is 32.2. The van der Waals surface area contributed by atoms with Crippen LogP contribution in [0.4, 0.5) is 0 Å². The Morgan fingerprint density at radius 3 is 2.38 bits per heavy atom. The quantitative estimate of drug-likeness (QED) is 0.310. The summed E-state index contributed by atoms with van der Waals surface area (Å²) in [4.78, 5) is 19.4. The lowest BCUT2D eigenvalue weighted by Crippen LogP contribution is -2.37. The summed E-state index contributed by atoms with van der Waals surface area (Å²) in [6, 6.07) is 22.0. The lowest BCUT2D eigenvalue weighted by molar-refractivity contribution is 0.0478. The van der Waals surface area contributed by atoms with E-state index >= 15 is 0 Å². The number of nitrogens with zero attached hydrogens (tertiary/aromatic N) is 3. The molecule has 9 heteroatoms. The SMILES string of the molecule is O=C(c1ccco1)N(Cc1cnc(S(=O)(=O)Cc2ccccc2)n1Cc1ccccc1)C[C@@H]1CCCO1. The molecule has 2 aromatic carbocycles. The molecule has 2 aromatic heterocycles. The first-order valence-corrected chi connectivity index (χ1v) is 13.9. The lowest BCUT2D eigenvalue weighted by Gasteiger charge is -2.25. The fourth-order valence-corrected chi connectivity index (χ4v) is 6.06. The van der Waals surface area contributed by atoms with Gasteiger partial charge in [-0.05, 0) is 36.1 Å². The van der Waals surface area contributed by atoms with E-state index in [0.29, 0.717) is 31.0 Å². The van der Waals surface area contributed by atoms with E-state index in [2.05, 4.69) is 4.98 Å². The highest BCUT2D eigenvalue weighted by Crippen LogP contribution is 2.22. The van der Waals surface area contributed by atoms with Crippen molar-refractivity contribution in [1.29, 1.82) is 0 Å². The zero-order valence-corrected chi connectivity index (χ0v) is 21.2. The van der Waals surface area contributed by atoms with Crippen LogP contribution in [-0.2, 0) is 33.4 Å². The highest BCUT2D eigenvalue weighted by Gasteiger charge is 2.29.